The van der Waals surface area contributed by atoms with Gasteiger partial charge in [0.2, 0.25) is 10.0 Å². The molecule has 0 aliphatic carbocycles. The second-order valence-corrected chi connectivity index (χ2v) is 9.39. The molecule has 1 aliphatic heterocycles. The maximum Gasteiger partial charge on any atom is 0.253 e. The first kappa shape index (κ1) is 20.3. The molecular formula is C24H24N2O3S. The number of carbonyl (C=O) groups is 1. The van der Waals surface area contributed by atoms with Crippen LogP contribution in [-0.2, 0) is 10.0 Å². The van der Waals surface area contributed by atoms with Crippen molar-refractivity contribution in [1.29, 1.82) is 0 Å². The standard InChI is InChI=1S/C24H24N2O3S/c1-19-7-13-23(14-8-19)30(28,29)26-17-15-25(16-18-26)24(27)22-11-9-21(10-12-22)20-5-3-2-4-6-20/h2-14H,15-18H2,1H3. The average molecular weight is 421 g/mol. The molecule has 5 nitrogen and oxygen atoms in total. The van der Waals surface area contributed by atoms with Crippen LogP contribution in [0.5, 0.6) is 0 Å². The van der Waals surface area contributed by atoms with Gasteiger partial charge < -0.3 is 4.90 Å². The number of nitrogens with zero attached hydrogens (tertiary/aromatic N) is 2. The molecule has 1 amide bonds. The van der Waals surface area contributed by atoms with Crippen molar-refractivity contribution in [3.8, 4) is 11.1 Å². The molecule has 0 saturated carbocycles. The summed E-state index contributed by atoms with van der Waals surface area (Å²) in [4.78, 5) is 14.9. The van der Waals surface area contributed by atoms with Gasteiger partial charge in [0.25, 0.3) is 5.91 Å². The number of benzene rings is 3. The van der Waals surface area contributed by atoms with Crippen molar-refractivity contribution in [2.24, 2.45) is 0 Å². The fourth-order valence-corrected chi connectivity index (χ4v) is 5.03. The molecule has 0 spiro atoms. The van der Waals surface area contributed by atoms with Gasteiger partial charge in [-0.15, -0.1) is 0 Å². The molecule has 1 saturated heterocycles. The number of sulfonamides is 1. The van der Waals surface area contributed by atoms with E-state index >= 15 is 0 Å². The molecule has 0 N–H and O–H groups in total. The van der Waals surface area contributed by atoms with Crippen molar-refractivity contribution in [2.75, 3.05) is 26.2 Å². The van der Waals surface area contributed by atoms with E-state index < -0.39 is 10.0 Å². The zero-order valence-electron chi connectivity index (χ0n) is 16.9. The van der Waals surface area contributed by atoms with Gasteiger partial charge in [-0.2, -0.15) is 4.31 Å². The molecular weight excluding hydrogens is 396 g/mol. The highest BCUT2D eigenvalue weighted by Gasteiger charge is 2.30. The zero-order valence-corrected chi connectivity index (χ0v) is 17.7. The van der Waals surface area contributed by atoms with Gasteiger partial charge >= 0.3 is 0 Å². The lowest BCUT2D eigenvalue weighted by Crippen LogP contribution is -2.50. The molecule has 1 fully saturated rings. The van der Waals surface area contributed by atoms with Crippen LogP contribution in [0.15, 0.2) is 83.8 Å². The van der Waals surface area contributed by atoms with Crippen molar-refractivity contribution in [3.63, 3.8) is 0 Å². The molecule has 0 unspecified atom stereocenters. The minimum atomic E-state index is -3.53. The van der Waals surface area contributed by atoms with Crippen LogP contribution in [0.3, 0.4) is 0 Å². The summed E-state index contributed by atoms with van der Waals surface area (Å²) in [5.74, 6) is -0.0676. The summed E-state index contributed by atoms with van der Waals surface area (Å²) in [5, 5.41) is 0. The lowest BCUT2D eigenvalue weighted by atomic mass is 10.0. The third-order valence-electron chi connectivity index (χ3n) is 5.42. The SMILES string of the molecule is Cc1ccc(S(=O)(=O)N2CCN(C(=O)c3ccc(-c4ccccc4)cc3)CC2)cc1. The number of piperazine rings is 1. The highest BCUT2D eigenvalue weighted by atomic mass is 32.2. The van der Waals surface area contributed by atoms with Gasteiger partial charge in [-0.05, 0) is 42.3 Å². The Balaban J connectivity index is 1.41. The monoisotopic (exact) mass is 420 g/mol. The smallest absolute Gasteiger partial charge is 0.253 e. The molecule has 0 atom stereocenters. The van der Waals surface area contributed by atoms with E-state index in [0.717, 1.165) is 16.7 Å². The molecule has 0 bridgehead atoms. The Kier molecular flexibility index (Phi) is 5.70. The normalized spacial score (nSPS) is 15.2. The Bertz CT molecular complexity index is 1120. The van der Waals surface area contributed by atoms with Crippen LogP contribution in [0.25, 0.3) is 11.1 Å². The van der Waals surface area contributed by atoms with E-state index in [4.69, 9.17) is 0 Å². The van der Waals surface area contributed by atoms with Crippen LogP contribution in [0.2, 0.25) is 0 Å². The maximum atomic E-state index is 12.9. The predicted molar refractivity (Wildman–Crippen MR) is 118 cm³/mol. The number of hydrogen-bond donors (Lipinski definition) is 0. The van der Waals surface area contributed by atoms with Gasteiger partial charge in [-0.3, -0.25) is 4.79 Å². The van der Waals surface area contributed by atoms with Crippen molar-refractivity contribution in [3.05, 3.63) is 90.0 Å². The van der Waals surface area contributed by atoms with Crippen LogP contribution in [0, 0.1) is 6.92 Å². The van der Waals surface area contributed by atoms with E-state index in [-0.39, 0.29) is 5.91 Å². The zero-order chi connectivity index (χ0) is 21.1. The molecule has 6 heteroatoms. The molecule has 3 aromatic rings. The summed E-state index contributed by atoms with van der Waals surface area (Å²) in [7, 11) is -3.53. The molecule has 0 radical (unpaired) electrons. The molecule has 0 aromatic heterocycles. The first-order chi connectivity index (χ1) is 14.4. The van der Waals surface area contributed by atoms with E-state index in [2.05, 4.69) is 0 Å². The van der Waals surface area contributed by atoms with Crippen molar-refractivity contribution < 1.29 is 13.2 Å². The second kappa shape index (κ2) is 8.42. The summed E-state index contributed by atoms with van der Waals surface area (Å²) in [6.45, 7) is 3.27. The van der Waals surface area contributed by atoms with Crippen LogP contribution in [-0.4, -0.2) is 49.7 Å². The van der Waals surface area contributed by atoms with Crippen molar-refractivity contribution in [1.82, 2.24) is 9.21 Å². The number of hydrogen-bond acceptors (Lipinski definition) is 3. The summed E-state index contributed by atoms with van der Waals surface area (Å²) in [6, 6.07) is 24.4. The third-order valence-corrected chi connectivity index (χ3v) is 7.34. The minimum absolute atomic E-state index is 0.0676. The molecule has 3 aromatic carbocycles. The fraction of sp³-hybridized carbons (Fsp3) is 0.208. The molecule has 1 heterocycles. The number of carbonyl (C=O) groups excluding carboxylic acids is 1. The highest BCUT2D eigenvalue weighted by molar-refractivity contribution is 7.89. The first-order valence-electron chi connectivity index (χ1n) is 9.97. The van der Waals surface area contributed by atoms with E-state index in [1.54, 1.807) is 29.2 Å². The third kappa shape index (κ3) is 4.15. The lowest BCUT2D eigenvalue weighted by molar-refractivity contribution is 0.0698. The molecule has 154 valence electrons. The number of amides is 1. The van der Waals surface area contributed by atoms with Gasteiger partial charge in [0.1, 0.15) is 0 Å². The van der Waals surface area contributed by atoms with E-state index in [1.165, 1.54) is 4.31 Å². The van der Waals surface area contributed by atoms with Crippen LogP contribution >= 0.6 is 0 Å². The Morgan fingerprint density at radius 3 is 1.90 bits per heavy atom. The Hall–Kier alpha value is -2.96. The quantitative estimate of drug-likeness (QED) is 0.645. The van der Waals surface area contributed by atoms with E-state index in [0.29, 0.717) is 36.6 Å². The summed E-state index contributed by atoms with van der Waals surface area (Å²) >= 11 is 0. The lowest BCUT2D eigenvalue weighted by Gasteiger charge is -2.34. The summed E-state index contributed by atoms with van der Waals surface area (Å²) in [6.07, 6.45) is 0. The Morgan fingerprint density at radius 1 is 0.733 bits per heavy atom. The number of rotatable bonds is 4. The van der Waals surface area contributed by atoms with Crippen LogP contribution in [0.1, 0.15) is 15.9 Å². The molecule has 4 rings (SSSR count). The highest BCUT2D eigenvalue weighted by Crippen LogP contribution is 2.21. The largest absolute Gasteiger partial charge is 0.336 e. The Morgan fingerprint density at radius 2 is 1.30 bits per heavy atom. The van der Waals surface area contributed by atoms with Crippen LogP contribution in [0.4, 0.5) is 0 Å². The molecule has 1 aliphatic rings. The minimum Gasteiger partial charge on any atom is -0.336 e. The topological polar surface area (TPSA) is 57.7 Å². The Labute approximate surface area is 177 Å². The van der Waals surface area contributed by atoms with Gasteiger partial charge in [0, 0.05) is 31.7 Å². The number of aryl methyl sites for hydroxylation is 1. The van der Waals surface area contributed by atoms with Crippen molar-refractivity contribution >= 4 is 15.9 Å². The average Bonchev–Trinajstić information content (AvgIpc) is 2.80. The summed E-state index contributed by atoms with van der Waals surface area (Å²) < 4.78 is 27.1. The van der Waals surface area contributed by atoms with Gasteiger partial charge in [0.15, 0.2) is 0 Å². The first-order valence-corrected chi connectivity index (χ1v) is 11.4. The van der Waals surface area contributed by atoms with Crippen molar-refractivity contribution in [2.45, 2.75) is 11.8 Å². The van der Waals surface area contributed by atoms with Gasteiger partial charge in [-0.25, -0.2) is 8.42 Å². The van der Waals surface area contributed by atoms with Gasteiger partial charge in [-0.1, -0.05) is 60.2 Å². The molecule has 30 heavy (non-hydrogen) atoms. The fourth-order valence-electron chi connectivity index (χ4n) is 3.61. The van der Waals surface area contributed by atoms with Crippen LogP contribution < -0.4 is 0 Å². The predicted octanol–water partition coefficient (Wildman–Crippen LogP) is 3.81. The second-order valence-electron chi connectivity index (χ2n) is 7.45. The van der Waals surface area contributed by atoms with E-state index in [1.807, 2.05) is 61.5 Å². The van der Waals surface area contributed by atoms with Gasteiger partial charge in [0.05, 0.1) is 4.90 Å². The van der Waals surface area contributed by atoms with E-state index in [9.17, 15) is 13.2 Å². The summed E-state index contributed by atoms with van der Waals surface area (Å²) in [5.41, 5.74) is 3.79. The maximum absolute atomic E-state index is 12.9.